The summed E-state index contributed by atoms with van der Waals surface area (Å²) < 4.78 is 0. The molecule has 0 saturated carbocycles. The lowest BCUT2D eigenvalue weighted by Crippen LogP contribution is -2.49. The number of aliphatic hydroxyl groups is 4. The number of carbonyl (C=O) groups is 2. The van der Waals surface area contributed by atoms with Crippen molar-refractivity contribution in [3.63, 3.8) is 0 Å². The second-order valence-electron chi connectivity index (χ2n) is 15.0. The third-order valence-electron chi connectivity index (χ3n) is 9.41. The van der Waals surface area contributed by atoms with Gasteiger partial charge in [0.25, 0.3) is 0 Å². The summed E-state index contributed by atoms with van der Waals surface area (Å²) in [5.41, 5.74) is 4.63. The molecule has 4 unspecified atom stereocenters. The predicted molar refractivity (Wildman–Crippen MR) is 265 cm³/mol. The van der Waals surface area contributed by atoms with Gasteiger partial charge < -0.3 is 51.9 Å². The Labute approximate surface area is 391 Å². The molecule has 4 heterocycles. The van der Waals surface area contributed by atoms with Crippen molar-refractivity contribution in [3.05, 3.63) is 145 Å². The van der Waals surface area contributed by atoms with Crippen LogP contribution in [0.3, 0.4) is 0 Å². The molecule has 0 aliphatic heterocycles. The first-order valence-corrected chi connectivity index (χ1v) is 21.7. The Morgan fingerprint density at radius 2 is 0.667 bits per heavy atom. The van der Waals surface area contributed by atoms with Gasteiger partial charge in [0.05, 0.1) is 0 Å². The van der Waals surface area contributed by atoms with E-state index in [1.165, 1.54) is 0 Å². The number of aliphatic hydroxyl groups excluding tert-OH is 4. The zero-order chi connectivity index (χ0) is 49.5. The highest BCUT2D eigenvalue weighted by atomic mass is 16.4. The zero-order valence-electron chi connectivity index (χ0n) is 39.6. The van der Waals surface area contributed by atoms with Crippen LogP contribution >= 0.6 is 0 Å². The maximum absolute atomic E-state index is 10.1. The van der Waals surface area contributed by atoms with Crippen LogP contribution in [-0.2, 0) is 9.59 Å². The minimum atomic E-state index is -2.36. The molecule has 0 aromatic carbocycles. The van der Waals surface area contributed by atoms with Crippen LogP contribution in [0.4, 0.5) is 0 Å². The summed E-state index contributed by atoms with van der Waals surface area (Å²) in [7, 11) is 7.90. The summed E-state index contributed by atoms with van der Waals surface area (Å²) in [4.78, 5) is 36.3. The maximum Gasteiger partial charge on any atom is 0.335 e. The van der Waals surface area contributed by atoms with E-state index in [9.17, 15) is 9.59 Å². The fourth-order valence-electron chi connectivity index (χ4n) is 4.67. The van der Waals surface area contributed by atoms with E-state index < -0.39 is 36.4 Å². The van der Waals surface area contributed by atoms with Gasteiger partial charge in [0.15, 0.2) is 12.2 Å². The van der Waals surface area contributed by atoms with Gasteiger partial charge in [-0.3, -0.25) is 19.9 Å². The minimum Gasteiger partial charge on any atom is -0.479 e. The Bertz CT molecular complexity index is 1660. The van der Waals surface area contributed by atoms with Crippen molar-refractivity contribution in [2.45, 2.75) is 102 Å². The molecule has 66 heavy (non-hydrogen) atoms. The molecular weight excluding hydrogens is 841 g/mol. The Balaban J connectivity index is 0.000000800. The molecule has 16 nitrogen and oxygen atoms in total. The fraction of sp³-hybridized carbons (Fsp3) is 0.400. The molecular formula is C50H74N8O8. The van der Waals surface area contributed by atoms with E-state index >= 15 is 0 Å². The molecule has 0 amide bonds. The lowest BCUT2D eigenvalue weighted by molar-refractivity contribution is -0.172. The molecule has 0 bridgehead atoms. The average Bonchev–Trinajstić information content (AvgIpc) is 3.34. The summed E-state index contributed by atoms with van der Waals surface area (Å²) >= 11 is 0. The lowest BCUT2D eigenvalue weighted by Gasteiger charge is -2.21. The van der Waals surface area contributed by atoms with Crippen LogP contribution in [0.2, 0.25) is 0 Å². The van der Waals surface area contributed by atoms with E-state index in [1.807, 2.05) is 102 Å². The van der Waals surface area contributed by atoms with Crippen LogP contribution in [0.15, 0.2) is 122 Å². The smallest absolute Gasteiger partial charge is 0.335 e. The fourth-order valence-corrected chi connectivity index (χ4v) is 4.67. The maximum atomic E-state index is 10.1. The van der Waals surface area contributed by atoms with Gasteiger partial charge in [-0.15, -0.1) is 0 Å². The van der Waals surface area contributed by atoms with Gasteiger partial charge in [-0.2, -0.15) is 0 Å². The molecule has 0 saturated heterocycles. The van der Waals surface area contributed by atoms with Crippen LogP contribution in [0.5, 0.6) is 0 Å². The highest BCUT2D eigenvalue weighted by Crippen LogP contribution is 2.07. The number of nitrogens with one attached hydrogen (secondary N) is 4. The lowest BCUT2D eigenvalue weighted by atomic mass is 10.0. The topological polar surface area (TPSA) is 255 Å². The van der Waals surface area contributed by atoms with Gasteiger partial charge in [0.1, 0.15) is 12.2 Å². The number of hydrogen-bond acceptors (Lipinski definition) is 14. The number of aromatic nitrogens is 4. The highest BCUT2D eigenvalue weighted by molar-refractivity contribution is 5.75. The molecule has 0 aliphatic carbocycles. The standard InChI is InChI=1S/4C11H16N2.C6H10O8/c4*1-10(12-2)5-3-6-11-7-4-8-13-9-11;7-1(3(9)5(11)12)2(8)4(10)6(13)14/h4*3-4,6-10,12H,5H2,1-2H3;1-4,7-10H,(H,11,12)(H,13,14)/b4*6-3+;/t;;;;1-,2+,3+,4-. The van der Waals surface area contributed by atoms with Crippen molar-refractivity contribution in [3.8, 4) is 0 Å². The number of aliphatic carboxylic acids is 2. The number of pyridine rings is 4. The van der Waals surface area contributed by atoms with Gasteiger partial charge in [0.2, 0.25) is 0 Å². The van der Waals surface area contributed by atoms with Crippen molar-refractivity contribution < 1.29 is 40.2 Å². The van der Waals surface area contributed by atoms with E-state index in [0.29, 0.717) is 24.2 Å². The van der Waals surface area contributed by atoms with Crippen LogP contribution in [0.1, 0.15) is 75.6 Å². The first kappa shape index (κ1) is 60.2. The molecule has 0 aliphatic rings. The van der Waals surface area contributed by atoms with Crippen LogP contribution in [0.25, 0.3) is 24.3 Å². The Kier molecular flexibility index (Phi) is 35.1. The Morgan fingerprint density at radius 3 is 0.818 bits per heavy atom. The molecule has 16 heteroatoms. The van der Waals surface area contributed by atoms with Gasteiger partial charge in [-0.05, 0) is 128 Å². The number of rotatable bonds is 21. The van der Waals surface area contributed by atoms with Crippen molar-refractivity contribution in [1.29, 1.82) is 0 Å². The Hall–Kier alpha value is -5.82. The summed E-state index contributed by atoms with van der Waals surface area (Å²) in [5, 5.41) is 64.2. The van der Waals surface area contributed by atoms with Gasteiger partial charge >= 0.3 is 11.9 Å². The number of carboxylic acids is 2. The minimum absolute atomic E-state index is 0.535. The van der Waals surface area contributed by atoms with Crippen molar-refractivity contribution >= 4 is 36.2 Å². The van der Waals surface area contributed by atoms with Crippen LogP contribution in [0, 0.1) is 0 Å². The molecule has 0 radical (unpaired) electrons. The number of hydrogen-bond donors (Lipinski definition) is 10. The second-order valence-corrected chi connectivity index (χ2v) is 15.0. The third-order valence-corrected chi connectivity index (χ3v) is 9.41. The molecule has 4 aromatic rings. The molecule has 0 fully saturated rings. The Morgan fingerprint density at radius 1 is 0.455 bits per heavy atom. The average molecular weight is 915 g/mol. The van der Waals surface area contributed by atoms with E-state index in [2.05, 4.69) is 118 Å². The summed E-state index contributed by atoms with van der Waals surface area (Å²) in [6.45, 7) is 8.64. The molecule has 4 rings (SSSR count). The largest absolute Gasteiger partial charge is 0.479 e. The summed E-state index contributed by atoms with van der Waals surface area (Å²) in [5.74, 6) is -3.68. The van der Waals surface area contributed by atoms with E-state index in [4.69, 9.17) is 30.6 Å². The summed E-state index contributed by atoms with van der Waals surface area (Å²) in [6, 6.07) is 18.1. The van der Waals surface area contributed by atoms with Crippen LogP contribution in [-0.4, -0.2) is 139 Å². The number of nitrogens with zero attached hydrogens (tertiary/aromatic N) is 4. The molecule has 10 N–H and O–H groups in total. The van der Waals surface area contributed by atoms with Crippen molar-refractivity contribution in [1.82, 2.24) is 41.2 Å². The SMILES string of the molecule is CNC(C)C/C=C/c1cccnc1.CNC(C)C/C=C/c1cccnc1.CNC(C)C/C=C/c1cccnc1.CNC(C)C/C=C/c1cccnc1.O=C(O)[C@@H](O)[C@H](O)[C@H](O)[C@@H](O)C(=O)O. The molecule has 8 atom stereocenters. The van der Waals surface area contributed by atoms with E-state index in [1.54, 1.807) is 24.8 Å². The molecule has 0 spiro atoms. The first-order chi connectivity index (χ1) is 31.6. The molecule has 362 valence electrons. The predicted octanol–water partition coefficient (Wildman–Crippen LogP) is 4.97. The van der Waals surface area contributed by atoms with Gasteiger partial charge in [-0.1, -0.05) is 72.9 Å². The summed E-state index contributed by atoms with van der Waals surface area (Å²) in [6.07, 6.45) is 26.5. The van der Waals surface area contributed by atoms with E-state index in [0.717, 1.165) is 47.9 Å². The van der Waals surface area contributed by atoms with Crippen molar-refractivity contribution in [2.75, 3.05) is 28.2 Å². The van der Waals surface area contributed by atoms with Gasteiger partial charge in [0, 0.05) is 73.7 Å². The first-order valence-electron chi connectivity index (χ1n) is 21.7. The van der Waals surface area contributed by atoms with Gasteiger partial charge in [-0.25, -0.2) is 9.59 Å². The van der Waals surface area contributed by atoms with Crippen molar-refractivity contribution in [2.24, 2.45) is 0 Å². The number of carboxylic acid groups (broad SMARTS) is 2. The zero-order valence-corrected chi connectivity index (χ0v) is 39.6. The normalized spacial score (nSPS) is 14.7. The van der Waals surface area contributed by atoms with E-state index in [-0.39, 0.29) is 0 Å². The quantitative estimate of drug-likeness (QED) is 0.0530. The highest BCUT2D eigenvalue weighted by Gasteiger charge is 2.37. The third kappa shape index (κ3) is 31.1. The second kappa shape index (κ2) is 38.4. The monoisotopic (exact) mass is 915 g/mol. The van der Waals surface area contributed by atoms with Crippen LogP contribution < -0.4 is 21.3 Å². The molecule has 4 aromatic heterocycles.